The van der Waals surface area contributed by atoms with Crippen molar-refractivity contribution in [2.24, 2.45) is 5.92 Å². The highest BCUT2D eigenvalue weighted by Gasteiger charge is 2.14. The van der Waals surface area contributed by atoms with Crippen LogP contribution in [0.15, 0.2) is 18.2 Å². The van der Waals surface area contributed by atoms with E-state index >= 15 is 0 Å². The van der Waals surface area contributed by atoms with Crippen molar-refractivity contribution in [2.45, 2.75) is 33.6 Å². The summed E-state index contributed by atoms with van der Waals surface area (Å²) in [5, 5.41) is 0. The Balaban J connectivity index is 2.80. The third-order valence-corrected chi connectivity index (χ3v) is 3.01. The van der Waals surface area contributed by atoms with Gasteiger partial charge in [-0.05, 0) is 39.2 Å². The fourth-order valence-electron chi connectivity index (χ4n) is 2.05. The van der Waals surface area contributed by atoms with Crippen LogP contribution in [0, 0.1) is 19.8 Å². The van der Waals surface area contributed by atoms with Crippen LogP contribution < -0.4 is 0 Å². The standard InChI is InChI=1S/C14H19ClO/c1-10-6-11(2)8-13(7-10)9-14(4-5-15)12(3)16/h6-8,14H,4-5,9H2,1-3H3. The highest BCUT2D eigenvalue weighted by molar-refractivity contribution is 6.18. The summed E-state index contributed by atoms with van der Waals surface area (Å²) in [7, 11) is 0. The minimum atomic E-state index is 0.0682. The molecule has 0 spiro atoms. The molecule has 0 saturated heterocycles. The molecule has 1 unspecified atom stereocenters. The lowest BCUT2D eigenvalue weighted by atomic mass is 9.92. The third kappa shape index (κ3) is 3.97. The normalized spacial score (nSPS) is 12.5. The lowest BCUT2D eigenvalue weighted by Gasteiger charge is -2.13. The summed E-state index contributed by atoms with van der Waals surface area (Å²) in [6.07, 6.45) is 1.58. The SMILES string of the molecule is CC(=O)C(CCCl)Cc1cc(C)cc(C)c1. The molecule has 0 bridgehead atoms. The van der Waals surface area contributed by atoms with Crippen molar-refractivity contribution in [1.29, 1.82) is 0 Å². The quantitative estimate of drug-likeness (QED) is 0.716. The van der Waals surface area contributed by atoms with Crippen molar-refractivity contribution in [2.75, 3.05) is 5.88 Å². The van der Waals surface area contributed by atoms with Gasteiger partial charge in [0.25, 0.3) is 0 Å². The zero-order valence-corrected chi connectivity index (χ0v) is 11.0. The molecule has 88 valence electrons. The van der Waals surface area contributed by atoms with Gasteiger partial charge in [-0.25, -0.2) is 0 Å². The molecule has 0 aromatic heterocycles. The zero-order chi connectivity index (χ0) is 12.1. The summed E-state index contributed by atoms with van der Waals surface area (Å²) in [6, 6.07) is 6.45. The van der Waals surface area contributed by atoms with Crippen molar-refractivity contribution in [3.05, 3.63) is 34.9 Å². The second-order valence-electron chi connectivity index (χ2n) is 4.49. The van der Waals surface area contributed by atoms with Crippen LogP contribution in [0.1, 0.15) is 30.0 Å². The molecule has 2 heteroatoms. The molecule has 0 aliphatic heterocycles. The van der Waals surface area contributed by atoms with Crippen LogP contribution in [-0.2, 0) is 11.2 Å². The van der Waals surface area contributed by atoms with Gasteiger partial charge in [-0.1, -0.05) is 29.3 Å². The second-order valence-corrected chi connectivity index (χ2v) is 4.86. The van der Waals surface area contributed by atoms with Gasteiger partial charge in [0.05, 0.1) is 0 Å². The van der Waals surface area contributed by atoms with Crippen molar-refractivity contribution >= 4 is 17.4 Å². The molecule has 1 atom stereocenters. The van der Waals surface area contributed by atoms with E-state index in [0.717, 1.165) is 12.8 Å². The number of hydrogen-bond acceptors (Lipinski definition) is 1. The molecule has 0 heterocycles. The Morgan fingerprint density at radius 2 is 1.81 bits per heavy atom. The number of Topliss-reactive ketones (excluding diaryl/α,β-unsaturated/α-hetero) is 1. The molecule has 1 aromatic rings. The Morgan fingerprint density at radius 1 is 1.25 bits per heavy atom. The molecule has 0 aliphatic carbocycles. The Morgan fingerprint density at radius 3 is 2.25 bits per heavy atom. The number of carbonyl (C=O) groups excluding carboxylic acids is 1. The van der Waals surface area contributed by atoms with E-state index in [-0.39, 0.29) is 11.7 Å². The lowest BCUT2D eigenvalue weighted by Crippen LogP contribution is -2.14. The molecule has 1 aromatic carbocycles. The van der Waals surface area contributed by atoms with Crippen LogP contribution in [0.5, 0.6) is 0 Å². The number of ketones is 1. The fraction of sp³-hybridized carbons (Fsp3) is 0.500. The number of halogens is 1. The van der Waals surface area contributed by atoms with Crippen LogP contribution in [-0.4, -0.2) is 11.7 Å². The Kier molecular flexibility index (Phi) is 5.01. The average Bonchev–Trinajstić information content (AvgIpc) is 2.15. The highest BCUT2D eigenvalue weighted by atomic mass is 35.5. The number of carbonyl (C=O) groups is 1. The van der Waals surface area contributed by atoms with E-state index in [4.69, 9.17) is 11.6 Å². The minimum Gasteiger partial charge on any atom is -0.300 e. The van der Waals surface area contributed by atoms with E-state index in [1.165, 1.54) is 16.7 Å². The van der Waals surface area contributed by atoms with Crippen LogP contribution in [0.4, 0.5) is 0 Å². The molecule has 0 saturated carbocycles. The highest BCUT2D eigenvalue weighted by Crippen LogP contribution is 2.17. The van der Waals surface area contributed by atoms with Gasteiger partial charge in [0.1, 0.15) is 5.78 Å². The van der Waals surface area contributed by atoms with Gasteiger partial charge in [0, 0.05) is 11.8 Å². The molecule has 0 radical (unpaired) electrons. The Labute approximate surface area is 103 Å². The average molecular weight is 239 g/mol. The molecule has 0 aliphatic rings. The molecule has 0 N–H and O–H groups in total. The summed E-state index contributed by atoms with van der Waals surface area (Å²) in [4.78, 5) is 11.4. The third-order valence-electron chi connectivity index (χ3n) is 2.80. The maximum Gasteiger partial charge on any atom is 0.133 e. The second kappa shape index (κ2) is 6.05. The minimum absolute atomic E-state index is 0.0682. The first-order chi connectivity index (χ1) is 7.52. The van der Waals surface area contributed by atoms with Crippen LogP contribution in [0.25, 0.3) is 0 Å². The first kappa shape index (κ1) is 13.2. The van der Waals surface area contributed by atoms with Gasteiger partial charge in [-0.2, -0.15) is 0 Å². The van der Waals surface area contributed by atoms with Gasteiger partial charge in [-0.3, -0.25) is 4.79 Å². The molecule has 16 heavy (non-hydrogen) atoms. The number of benzene rings is 1. The summed E-state index contributed by atoms with van der Waals surface area (Å²) >= 11 is 5.72. The van der Waals surface area contributed by atoms with Gasteiger partial charge in [0.15, 0.2) is 0 Å². The molecular weight excluding hydrogens is 220 g/mol. The molecule has 0 amide bonds. The van der Waals surface area contributed by atoms with Crippen molar-refractivity contribution in [1.82, 2.24) is 0 Å². The molecule has 1 rings (SSSR count). The smallest absolute Gasteiger partial charge is 0.133 e. The number of rotatable bonds is 5. The summed E-state index contributed by atoms with van der Waals surface area (Å²) in [5.74, 6) is 0.855. The summed E-state index contributed by atoms with van der Waals surface area (Å²) < 4.78 is 0. The van der Waals surface area contributed by atoms with E-state index in [1.54, 1.807) is 6.92 Å². The van der Waals surface area contributed by atoms with Gasteiger partial charge < -0.3 is 0 Å². The Bertz CT molecular complexity index is 351. The monoisotopic (exact) mass is 238 g/mol. The Hall–Kier alpha value is -0.820. The maximum atomic E-state index is 11.4. The topological polar surface area (TPSA) is 17.1 Å². The van der Waals surface area contributed by atoms with E-state index in [9.17, 15) is 4.79 Å². The van der Waals surface area contributed by atoms with Crippen molar-refractivity contribution < 1.29 is 4.79 Å². The van der Waals surface area contributed by atoms with Gasteiger partial charge in [-0.15, -0.1) is 11.6 Å². The summed E-state index contributed by atoms with van der Waals surface area (Å²) in [6.45, 7) is 5.82. The predicted molar refractivity (Wildman–Crippen MR) is 69.1 cm³/mol. The molecular formula is C14H19ClO. The summed E-state index contributed by atoms with van der Waals surface area (Å²) in [5.41, 5.74) is 3.74. The van der Waals surface area contributed by atoms with Gasteiger partial charge >= 0.3 is 0 Å². The zero-order valence-electron chi connectivity index (χ0n) is 10.2. The van der Waals surface area contributed by atoms with E-state index in [0.29, 0.717) is 5.88 Å². The number of hydrogen-bond donors (Lipinski definition) is 0. The van der Waals surface area contributed by atoms with E-state index in [1.807, 2.05) is 0 Å². The van der Waals surface area contributed by atoms with E-state index < -0.39 is 0 Å². The van der Waals surface area contributed by atoms with E-state index in [2.05, 4.69) is 32.0 Å². The maximum absolute atomic E-state index is 11.4. The van der Waals surface area contributed by atoms with Gasteiger partial charge in [0.2, 0.25) is 0 Å². The largest absolute Gasteiger partial charge is 0.300 e. The fourth-order valence-corrected chi connectivity index (χ4v) is 2.32. The lowest BCUT2D eigenvalue weighted by molar-refractivity contribution is -0.120. The predicted octanol–water partition coefficient (Wildman–Crippen LogP) is 3.68. The first-order valence-electron chi connectivity index (χ1n) is 5.66. The molecule has 0 fully saturated rings. The number of aryl methyl sites for hydroxylation is 2. The van der Waals surface area contributed by atoms with Crippen molar-refractivity contribution in [3.63, 3.8) is 0 Å². The van der Waals surface area contributed by atoms with Crippen LogP contribution in [0.2, 0.25) is 0 Å². The number of alkyl halides is 1. The molecule has 1 nitrogen and oxygen atoms in total. The van der Waals surface area contributed by atoms with Crippen molar-refractivity contribution in [3.8, 4) is 0 Å². The van der Waals surface area contributed by atoms with Crippen LogP contribution in [0.3, 0.4) is 0 Å². The van der Waals surface area contributed by atoms with Crippen LogP contribution >= 0.6 is 11.6 Å². The first-order valence-corrected chi connectivity index (χ1v) is 6.20.